The summed E-state index contributed by atoms with van der Waals surface area (Å²) in [7, 11) is 4.00. The van der Waals surface area contributed by atoms with Gasteiger partial charge in [0.2, 0.25) is 0 Å². The number of imidazole rings is 1. The minimum Gasteiger partial charge on any atom is -0.308 e. The SMILES string of the molecule is Cc1nc2ccccn2c1C(=O)N(CCN(C)C)c1nc2ccc(Br)cc2s1.Cl. The largest absolute Gasteiger partial charge is 0.308 e. The Labute approximate surface area is 187 Å². The molecule has 9 heteroatoms. The molecule has 3 heterocycles. The van der Waals surface area contributed by atoms with Crippen molar-refractivity contribution in [2.75, 3.05) is 32.1 Å². The molecular weight excluding hydrogens is 474 g/mol. The number of likely N-dealkylation sites (N-methyl/N-ethyl adjacent to an activating group) is 1. The maximum absolute atomic E-state index is 13.6. The van der Waals surface area contributed by atoms with Crippen LogP contribution < -0.4 is 4.90 Å². The van der Waals surface area contributed by atoms with Crippen LogP contribution in [0.15, 0.2) is 47.1 Å². The van der Waals surface area contributed by atoms with E-state index in [-0.39, 0.29) is 18.3 Å². The first kappa shape index (κ1) is 21.7. The fraction of sp³-hybridized carbons (Fsp3) is 0.250. The van der Waals surface area contributed by atoms with Crippen molar-refractivity contribution in [2.45, 2.75) is 6.92 Å². The zero-order valence-corrected chi connectivity index (χ0v) is 19.5. The third-order valence-electron chi connectivity index (χ3n) is 4.49. The quantitative estimate of drug-likeness (QED) is 0.405. The van der Waals surface area contributed by atoms with Crippen LogP contribution in [0, 0.1) is 6.92 Å². The van der Waals surface area contributed by atoms with Gasteiger partial charge in [0.05, 0.1) is 15.9 Å². The molecule has 0 spiro atoms. The lowest BCUT2D eigenvalue weighted by Gasteiger charge is -2.22. The Hall–Kier alpha value is -2.00. The van der Waals surface area contributed by atoms with E-state index in [1.54, 1.807) is 4.90 Å². The molecule has 152 valence electrons. The first-order valence-corrected chi connectivity index (χ1v) is 10.5. The number of carbonyl (C=O) groups is 1. The zero-order chi connectivity index (χ0) is 19.8. The molecule has 1 amide bonds. The first-order chi connectivity index (χ1) is 13.4. The monoisotopic (exact) mass is 493 g/mol. The van der Waals surface area contributed by atoms with Crippen LogP contribution in [0.1, 0.15) is 16.2 Å². The summed E-state index contributed by atoms with van der Waals surface area (Å²) in [6.07, 6.45) is 1.88. The molecule has 0 N–H and O–H groups in total. The highest BCUT2D eigenvalue weighted by Crippen LogP contribution is 2.32. The highest BCUT2D eigenvalue weighted by atomic mass is 79.9. The molecule has 0 saturated heterocycles. The van der Waals surface area contributed by atoms with Crippen molar-refractivity contribution in [2.24, 2.45) is 0 Å². The number of hydrogen-bond donors (Lipinski definition) is 0. The Balaban J connectivity index is 0.00000240. The fourth-order valence-electron chi connectivity index (χ4n) is 3.08. The predicted octanol–water partition coefficient (Wildman–Crippen LogP) is 4.65. The molecule has 0 aliphatic heterocycles. The number of aromatic nitrogens is 3. The number of carbonyl (C=O) groups excluding carboxylic acids is 1. The van der Waals surface area contributed by atoms with E-state index in [0.29, 0.717) is 17.4 Å². The van der Waals surface area contributed by atoms with Gasteiger partial charge >= 0.3 is 0 Å². The number of anilines is 1. The van der Waals surface area contributed by atoms with Crippen LogP contribution in [0.2, 0.25) is 0 Å². The summed E-state index contributed by atoms with van der Waals surface area (Å²) < 4.78 is 3.89. The average molecular weight is 495 g/mol. The minimum absolute atomic E-state index is 0. The molecule has 6 nitrogen and oxygen atoms in total. The predicted molar refractivity (Wildman–Crippen MR) is 125 cm³/mol. The van der Waals surface area contributed by atoms with E-state index in [4.69, 9.17) is 4.98 Å². The molecule has 0 atom stereocenters. The number of benzene rings is 1. The number of amides is 1. The van der Waals surface area contributed by atoms with Crippen LogP contribution in [0.5, 0.6) is 0 Å². The zero-order valence-electron chi connectivity index (χ0n) is 16.3. The number of hydrogen-bond acceptors (Lipinski definition) is 5. The number of aryl methyl sites for hydroxylation is 1. The van der Waals surface area contributed by atoms with Gasteiger partial charge in [0.1, 0.15) is 11.3 Å². The van der Waals surface area contributed by atoms with E-state index in [2.05, 4.69) is 25.8 Å². The van der Waals surface area contributed by atoms with Gasteiger partial charge in [0.25, 0.3) is 5.91 Å². The summed E-state index contributed by atoms with van der Waals surface area (Å²) in [6, 6.07) is 11.7. The van der Waals surface area contributed by atoms with E-state index < -0.39 is 0 Å². The highest BCUT2D eigenvalue weighted by Gasteiger charge is 2.26. The summed E-state index contributed by atoms with van der Waals surface area (Å²) in [4.78, 5) is 26.7. The highest BCUT2D eigenvalue weighted by molar-refractivity contribution is 9.10. The second-order valence-electron chi connectivity index (χ2n) is 6.84. The molecule has 4 aromatic rings. The molecule has 0 aliphatic carbocycles. The van der Waals surface area contributed by atoms with Gasteiger partial charge in [-0.15, -0.1) is 12.4 Å². The van der Waals surface area contributed by atoms with Crippen molar-refractivity contribution in [3.63, 3.8) is 0 Å². The molecule has 0 radical (unpaired) electrons. The van der Waals surface area contributed by atoms with E-state index >= 15 is 0 Å². The van der Waals surface area contributed by atoms with Crippen LogP contribution in [0.4, 0.5) is 5.13 Å². The summed E-state index contributed by atoms with van der Waals surface area (Å²) in [5.41, 5.74) is 2.95. The van der Waals surface area contributed by atoms with E-state index in [9.17, 15) is 4.79 Å². The van der Waals surface area contributed by atoms with Crippen molar-refractivity contribution >= 4 is 66.6 Å². The number of halogens is 2. The van der Waals surface area contributed by atoms with Crippen LogP contribution in [0.3, 0.4) is 0 Å². The summed E-state index contributed by atoms with van der Waals surface area (Å²) in [6.45, 7) is 3.16. The average Bonchev–Trinajstić information content (AvgIpc) is 3.20. The molecule has 1 aromatic carbocycles. The second-order valence-corrected chi connectivity index (χ2v) is 8.77. The topological polar surface area (TPSA) is 53.7 Å². The molecule has 0 bridgehead atoms. The fourth-order valence-corrected chi connectivity index (χ4v) is 4.63. The molecule has 0 fully saturated rings. The van der Waals surface area contributed by atoms with Crippen molar-refractivity contribution in [1.29, 1.82) is 0 Å². The van der Waals surface area contributed by atoms with Crippen LogP contribution in [0.25, 0.3) is 15.9 Å². The Bertz CT molecular complexity index is 1170. The summed E-state index contributed by atoms with van der Waals surface area (Å²) in [5.74, 6) is -0.0869. The van der Waals surface area contributed by atoms with Gasteiger partial charge in [0.15, 0.2) is 5.13 Å². The second kappa shape index (κ2) is 8.79. The van der Waals surface area contributed by atoms with Gasteiger partial charge in [-0.05, 0) is 51.4 Å². The van der Waals surface area contributed by atoms with Gasteiger partial charge in [-0.25, -0.2) is 9.97 Å². The summed E-state index contributed by atoms with van der Waals surface area (Å²) >= 11 is 5.03. The molecule has 0 unspecified atom stereocenters. The molecule has 0 saturated carbocycles. The third-order valence-corrected chi connectivity index (χ3v) is 6.03. The van der Waals surface area contributed by atoms with Gasteiger partial charge in [-0.2, -0.15) is 0 Å². The van der Waals surface area contributed by atoms with Crippen molar-refractivity contribution in [1.82, 2.24) is 19.3 Å². The molecule has 4 rings (SSSR count). The maximum Gasteiger partial charge on any atom is 0.279 e. The van der Waals surface area contributed by atoms with Gasteiger partial charge < -0.3 is 4.90 Å². The molecule has 3 aromatic heterocycles. The van der Waals surface area contributed by atoms with Crippen LogP contribution >= 0.6 is 39.7 Å². The number of thiazole rings is 1. The lowest BCUT2D eigenvalue weighted by Crippen LogP contribution is -2.37. The Morgan fingerprint density at radius 2 is 1.97 bits per heavy atom. The number of rotatable bonds is 5. The number of fused-ring (bicyclic) bond motifs is 2. The van der Waals surface area contributed by atoms with Crippen molar-refractivity contribution in [3.8, 4) is 0 Å². The summed E-state index contributed by atoms with van der Waals surface area (Å²) in [5, 5.41) is 0.699. The maximum atomic E-state index is 13.6. The Morgan fingerprint density at radius 1 is 1.17 bits per heavy atom. The Morgan fingerprint density at radius 3 is 2.72 bits per heavy atom. The van der Waals surface area contributed by atoms with Gasteiger partial charge in [0, 0.05) is 23.8 Å². The Kier molecular flexibility index (Phi) is 6.58. The van der Waals surface area contributed by atoms with Gasteiger partial charge in [-0.3, -0.25) is 14.1 Å². The van der Waals surface area contributed by atoms with E-state index in [0.717, 1.165) is 32.6 Å². The standard InChI is InChI=1S/C20H20BrN5OS.ClH/c1-13-18(25-9-5-4-6-17(25)22-13)19(27)26(11-10-24(2)3)20-23-15-8-7-14(21)12-16(15)28-20;/h4-9,12H,10-11H2,1-3H3;1H. The third kappa shape index (κ3) is 4.30. The smallest absolute Gasteiger partial charge is 0.279 e. The van der Waals surface area contributed by atoms with Crippen molar-refractivity contribution < 1.29 is 4.79 Å². The normalized spacial score (nSPS) is 11.2. The van der Waals surface area contributed by atoms with Crippen molar-refractivity contribution in [3.05, 3.63) is 58.5 Å². The van der Waals surface area contributed by atoms with Crippen LogP contribution in [-0.4, -0.2) is 52.4 Å². The molecule has 29 heavy (non-hydrogen) atoms. The number of pyridine rings is 1. The van der Waals surface area contributed by atoms with Crippen LogP contribution in [-0.2, 0) is 0 Å². The molecule has 0 aliphatic rings. The minimum atomic E-state index is -0.0869. The van der Waals surface area contributed by atoms with E-state index in [1.807, 2.05) is 68.0 Å². The lowest BCUT2D eigenvalue weighted by atomic mass is 10.3. The van der Waals surface area contributed by atoms with Gasteiger partial charge in [-0.1, -0.05) is 33.3 Å². The number of nitrogens with zero attached hydrogens (tertiary/aromatic N) is 5. The lowest BCUT2D eigenvalue weighted by molar-refractivity contribution is 0.0979. The first-order valence-electron chi connectivity index (χ1n) is 8.90. The van der Waals surface area contributed by atoms with E-state index in [1.165, 1.54) is 11.3 Å². The molecular formula is C20H21BrClN5OS.